The first-order valence-electron chi connectivity index (χ1n) is 6.76. The highest BCUT2D eigenvalue weighted by atomic mass is 16.5. The third-order valence-electron chi connectivity index (χ3n) is 3.01. The molecule has 1 rings (SSSR count). The zero-order valence-electron chi connectivity index (χ0n) is 12.5. The molecule has 0 aliphatic rings. The number of rotatable bonds is 8. The van der Waals surface area contributed by atoms with E-state index in [1.165, 1.54) is 0 Å². The van der Waals surface area contributed by atoms with Crippen LogP contribution in [-0.4, -0.2) is 30.8 Å². The Kier molecular flexibility index (Phi) is 6.31. The van der Waals surface area contributed by atoms with Crippen molar-refractivity contribution in [3.05, 3.63) is 23.8 Å². The van der Waals surface area contributed by atoms with Gasteiger partial charge in [0.05, 0.1) is 13.7 Å². The summed E-state index contributed by atoms with van der Waals surface area (Å²) in [5, 5.41) is 12.2. The van der Waals surface area contributed by atoms with Gasteiger partial charge in [-0.25, -0.2) is 0 Å². The maximum absolute atomic E-state index is 11.2. The number of carboxylic acid groups (broad SMARTS) is 1. The molecule has 0 spiro atoms. The molecule has 2 N–H and O–H groups in total. The van der Waals surface area contributed by atoms with Crippen LogP contribution in [0.15, 0.2) is 18.2 Å². The van der Waals surface area contributed by atoms with Gasteiger partial charge in [0, 0.05) is 12.1 Å². The first kappa shape index (κ1) is 16.3. The summed E-state index contributed by atoms with van der Waals surface area (Å²) in [5.41, 5.74) is 0.887. The number of ether oxygens (including phenoxy) is 2. The zero-order valence-corrected chi connectivity index (χ0v) is 12.5. The Morgan fingerprint density at radius 2 is 2.10 bits per heavy atom. The number of nitrogens with one attached hydrogen (secondary N) is 1. The lowest BCUT2D eigenvalue weighted by Crippen LogP contribution is -2.40. The van der Waals surface area contributed by atoms with Crippen molar-refractivity contribution in [2.24, 2.45) is 5.92 Å². The van der Waals surface area contributed by atoms with E-state index in [1.54, 1.807) is 7.11 Å². The molecular weight excluding hydrogens is 258 g/mol. The molecule has 1 aromatic carbocycles. The Morgan fingerprint density at radius 3 is 2.60 bits per heavy atom. The first-order chi connectivity index (χ1) is 9.51. The van der Waals surface area contributed by atoms with Crippen LogP contribution in [0, 0.1) is 5.92 Å². The lowest BCUT2D eigenvalue weighted by Gasteiger charge is -2.20. The van der Waals surface area contributed by atoms with Crippen LogP contribution in [0.1, 0.15) is 26.3 Å². The van der Waals surface area contributed by atoms with Crippen molar-refractivity contribution < 1.29 is 19.4 Å². The molecule has 0 amide bonds. The van der Waals surface area contributed by atoms with E-state index in [9.17, 15) is 9.90 Å². The summed E-state index contributed by atoms with van der Waals surface area (Å²) < 4.78 is 10.9. The van der Waals surface area contributed by atoms with Crippen LogP contribution in [-0.2, 0) is 11.3 Å². The van der Waals surface area contributed by atoms with Gasteiger partial charge in [-0.05, 0) is 18.9 Å². The summed E-state index contributed by atoms with van der Waals surface area (Å²) in [6.45, 7) is 6.60. The lowest BCUT2D eigenvalue weighted by atomic mass is 10.0. The van der Waals surface area contributed by atoms with E-state index in [-0.39, 0.29) is 5.92 Å². The van der Waals surface area contributed by atoms with Gasteiger partial charge in [0.2, 0.25) is 0 Å². The van der Waals surface area contributed by atoms with Gasteiger partial charge in [0.25, 0.3) is 0 Å². The van der Waals surface area contributed by atoms with E-state index in [4.69, 9.17) is 9.47 Å². The second kappa shape index (κ2) is 7.75. The maximum Gasteiger partial charge on any atom is 0.320 e. The molecule has 0 fully saturated rings. The molecule has 112 valence electrons. The Labute approximate surface area is 119 Å². The number of methoxy groups -OCH3 is 1. The van der Waals surface area contributed by atoms with E-state index in [2.05, 4.69) is 5.32 Å². The highest BCUT2D eigenvalue weighted by Gasteiger charge is 2.21. The van der Waals surface area contributed by atoms with E-state index in [1.807, 2.05) is 39.0 Å². The van der Waals surface area contributed by atoms with E-state index < -0.39 is 12.0 Å². The van der Waals surface area contributed by atoms with Gasteiger partial charge < -0.3 is 14.6 Å². The normalized spacial score (nSPS) is 12.2. The molecule has 5 heteroatoms. The Morgan fingerprint density at radius 1 is 1.40 bits per heavy atom. The molecule has 0 saturated heterocycles. The average molecular weight is 281 g/mol. The quantitative estimate of drug-likeness (QED) is 0.765. The highest BCUT2D eigenvalue weighted by molar-refractivity contribution is 5.73. The number of carbonyl (C=O) groups is 1. The van der Waals surface area contributed by atoms with Crippen molar-refractivity contribution in [3.63, 3.8) is 0 Å². The molecule has 1 unspecified atom stereocenters. The fourth-order valence-corrected chi connectivity index (χ4v) is 2.00. The van der Waals surface area contributed by atoms with Gasteiger partial charge in [-0.3, -0.25) is 10.1 Å². The molecule has 1 atom stereocenters. The average Bonchev–Trinajstić information content (AvgIpc) is 2.39. The number of hydrogen-bond acceptors (Lipinski definition) is 4. The second-order valence-electron chi connectivity index (χ2n) is 4.82. The number of aliphatic carboxylic acids is 1. The summed E-state index contributed by atoms with van der Waals surface area (Å²) in [7, 11) is 1.59. The van der Waals surface area contributed by atoms with Crippen molar-refractivity contribution in [3.8, 4) is 11.5 Å². The molecular formula is C15H23NO4. The van der Waals surface area contributed by atoms with Crippen molar-refractivity contribution in [2.45, 2.75) is 33.4 Å². The maximum atomic E-state index is 11.2. The van der Waals surface area contributed by atoms with Gasteiger partial charge >= 0.3 is 5.97 Å². The molecule has 0 radical (unpaired) electrons. The number of benzene rings is 1. The van der Waals surface area contributed by atoms with Gasteiger partial charge in [-0.15, -0.1) is 0 Å². The Balaban J connectivity index is 2.88. The fraction of sp³-hybridized carbons (Fsp3) is 0.533. The van der Waals surface area contributed by atoms with Gasteiger partial charge in [-0.1, -0.05) is 26.0 Å². The van der Waals surface area contributed by atoms with Crippen molar-refractivity contribution in [1.29, 1.82) is 0 Å². The smallest absolute Gasteiger partial charge is 0.320 e. The SMILES string of the molecule is CCOc1c(CNC(C(=O)O)C(C)C)cccc1OC. The van der Waals surface area contributed by atoms with Crippen LogP contribution in [0.4, 0.5) is 0 Å². The molecule has 0 aromatic heterocycles. The molecule has 1 aromatic rings. The fourth-order valence-electron chi connectivity index (χ4n) is 2.00. The predicted molar refractivity (Wildman–Crippen MR) is 77.3 cm³/mol. The number of hydrogen-bond donors (Lipinski definition) is 2. The topological polar surface area (TPSA) is 67.8 Å². The first-order valence-corrected chi connectivity index (χ1v) is 6.76. The zero-order chi connectivity index (χ0) is 15.1. The standard InChI is InChI=1S/C15H23NO4/c1-5-20-14-11(7-6-8-12(14)19-4)9-16-13(10(2)3)15(17)18/h6-8,10,13,16H,5,9H2,1-4H3,(H,17,18). The third kappa shape index (κ3) is 4.13. The molecule has 0 aliphatic carbocycles. The largest absolute Gasteiger partial charge is 0.493 e. The monoisotopic (exact) mass is 281 g/mol. The third-order valence-corrected chi connectivity index (χ3v) is 3.01. The number of carboxylic acids is 1. The summed E-state index contributed by atoms with van der Waals surface area (Å²) in [4.78, 5) is 11.2. The molecule has 0 heterocycles. The molecule has 0 aliphatic heterocycles. The van der Waals surface area contributed by atoms with Crippen LogP contribution in [0.3, 0.4) is 0 Å². The van der Waals surface area contributed by atoms with Gasteiger partial charge in [0.1, 0.15) is 6.04 Å². The minimum absolute atomic E-state index is 0.00801. The Hall–Kier alpha value is -1.75. The van der Waals surface area contributed by atoms with E-state index in [0.717, 1.165) is 5.56 Å². The van der Waals surface area contributed by atoms with Crippen LogP contribution >= 0.6 is 0 Å². The predicted octanol–water partition coefficient (Wildman–Crippen LogP) is 2.29. The lowest BCUT2D eigenvalue weighted by molar-refractivity contribution is -0.140. The summed E-state index contributed by atoms with van der Waals surface area (Å²) in [5.74, 6) is 0.481. The summed E-state index contributed by atoms with van der Waals surface area (Å²) >= 11 is 0. The minimum atomic E-state index is -0.846. The van der Waals surface area contributed by atoms with Crippen molar-refractivity contribution >= 4 is 5.97 Å². The van der Waals surface area contributed by atoms with Crippen LogP contribution in [0.25, 0.3) is 0 Å². The van der Waals surface area contributed by atoms with Gasteiger partial charge in [-0.2, -0.15) is 0 Å². The second-order valence-corrected chi connectivity index (χ2v) is 4.82. The Bertz CT molecular complexity index is 445. The van der Waals surface area contributed by atoms with Crippen LogP contribution in [0.5, 0.6) is 11.5 Å². The van der Waals surface area contributed by atoms with E-state index in [0.29, 0.717) is 24.7 Å². The number of para-hydroxylation sites is 1. The summed E-state index contributed by atoms with van der Waals surface area (Å²) in [6.07, 6.45) is 0. The van der Waals surface area contributed by atoms with E-state index >= 15 is 0 Å². The van der Waals surface area contributed by atoms with Gasteiger partial charge in [0.15, 0.2) is 11.5 Å². The summed E-state index contributed by atoms with van der Waals surface area (Å²) in [6, 6.07) is 5.00. The minimum Gasteiger partial charge on any atom is -0.493 e. The molecule has 5 nitrogen and oxygen atoms in total. The van der Waals surface area contributed by atoms with Crippen LogP contribution in [0.2, 0.25) is 0 Å². The molecule has 0 saturated carbocycles. The molecule has 0 bridgehead atoms. The van der Waals surface area contributed by atoms with Crippen LogP contribution < -0.4 is 14.8 Å². The van der Waals surface area contributed by atoms with Crippen molar-refractivity contribution in [2.75, 3.05) is 13.7 Å². The van der Waals surface area contributed by atoms with Crippen molar-refractivity contribution in [1.82, 2.24) is 5.32 Å². The molecule has 20 heavy (non-hydrogen) atoms. The highest BCUT2D eigenvalue weighted by Crippen LogP contribution is 2.31.